The fourth-order valence-electron chi connectivity index (χ4n) is 1.56. The van der Waals surface area contributed by atoms with E-state index in [1.807, 2.05) is 0 Å². The Morgan fingerprint density at radius 3 is 2.15 bits per heavy atom. The monoisotopic (exact) mass is 308 g/mol. The van der Waals surface area contributed by atoms with Gasteiger partial charge in [-0.3, -0.25) is 4.79 Å². The second kappa shape index (κ2) is 6.81. The molecule has 0 aliphatic rings. The molecule has 5 N–H and O–H groups in total. The van der Waals surface area contributed by atoms with Gasteiger partial charge in [0.1, 0.15) is 5.38 Å². The summed E-state index contributed by atoms with van der Waals surface area (Å²) in [6, 6.07) is 2.12. The average molecular weight is 309 g/mol. The van der Waals surface area contributed by atoms with Crippen molar-refractivity contribution in [3.63, 3.8) is 0 Å². The van der Waals surface area contributed by atoms with Crippen molar-refractivity contribution in [3.8, 4) is 5.75 Å². The predicted molar refractivity (Wildman–Crippen MR) is 65.0 cm³/mol. The van der Waals surface area contributed by atoms with E-state index in [1.54, 1.807) is 0 Å². The summed E-state index contributed by atoms with van der Waals surface area (Å²) in [5, 5.41) is 45.2. The van der Waals surface area contributed by atoms with Gasteiger partial charge in [0.2, 0.25) is 17.1 Å². The highest BCUT2D eigenvalue weighted by molar-refractivity contribution is 6.30. The molecule has 10 heteroatoms. The molecule has 0 saturated heterocycles. The van der Waals surface area contributed by atoms with Crippen molar-refractivity contribution in [2.24, 2.45) is 0 Å². The van der Waals surface area contributed by atoms with E-state index in [-0.39, 0.29) is 12.0 Å². The summed E-state index contributed by atoms with van der Waals surface area (Å²) in [6.07, 6.45) is -0.130. The van der Waals surface area contributed by atoms with Gasteiger partial charge in [-0.15, -0.1) is 11.6 Å². The van der Waals surface area contributed by atoms with Gasteiger partial charge in [-0.1, -0.05) is 0 Å². The molecule has 3 atom stereocenters. The predicted octanol–water partition coefficient (Wildman–Crippen LogP) is -1.48. The third kappa shape index (κ3) is 3.77. The van der Waals surface area contributed by atoms with Crippen molar-refractivity contribution >= 4 is 28.9 Å². The molecule has 0 amide bonds. The molecule has 1 rings (SSSR count). The number of carbonyl (C=O) groups excluding carboxylic acids is 1. The largest absolute Gasteiger partial charge is 0.595 e. The van der Waals surface area contributed by atoms with E-state index in [2.05, 4.69) is 4.74 Å². The number of ether oxygens (including phenoxy) is 1. The maximum absolute atomic E-state index is 11.2. The zero-order valence-electron chi connectivity index (χ0n) is 10.3. The number of halogens is 1. The number of phenols is 1. The van der Waals surface area contributed by atoms with Crippen LogP contribution in [0.5, 0.6) is 5.75 Å². The zero-order chi connectivity index (χ0) is 15.4. The fourth-order valence-corrected chi connectivity index (χ4v) is 1.82. The van der Waals surface area contributed by atoms with Crippen molar-refractivity contribution in [3.05, 3.63) is 28.1 Å². The van der Waals surface area contributed by atoms with Crippen molar-refractivity contribution in [2.45, 2.75) is 11.8 Å². The van der Waals surface area contributed by atoms with Gasteiger partial charge >= 0.3 is 5.97 Å². The molecule has 3 unspecified atom stereocenters. The van der Waals surface area contributed by atoms with E-state index in [4.69, 9.17) is 22.0 Å². The van der Waals surface area contributed by atoms with E-state index < -0.39 is 38.9 Å². The Morgan fingerprint density at radius 2 is 1.80 bits per heavy atom. The summed E-state index contributed by atoms with van der Waals surface area (Å²) in [5.74, 6) is -1.58. The zero-order valence-corrected chi connectivity index (χ0v) is 11.0. The summed E-state index contributed by atoms with van der Waals surface area (Å²) in [6.45, 7) is 0. The minimum atomic E-state index is -1.49. The lowest BCUT2D eigenvalue weighted by Gasteiger charge is -2.19. The first-order valence-electron chi connectivity index (χ1n) is 5.32. The molecule has 0 fully saturated rings. The number of hydrogen-bond acceptors (Lipinski definition) is 7. The van der Waals surface area contributed by atoms with Crippen LogP contribution in [0.15, 0.2) is 12.1 Å². The molecule has 0 aliphatic heterocycles. The molecule has 9 nitrogen and oxygen atoms in total. The van der Waals surface area contributed by atoms with Gasteiger partial charge in [0.05, 0.1) is 7.11 Å². The average Bonchev–Trinajstić information content (AvgIpc) is 2.38. The maximum atomic E-state index is 11.2. The SMILES string of the molecule is COC(=O)C(Cl)Cc1cc([NH+]([O-])O)c(O)c([NH+]([O-])O)c1. The molecule has 112 valence electrons. The minimum Gasteiger partial charge on any atom is -0.595 e. The molecule has 20 heavy (non-hydrogen) atoms. The number of methoxy groups -OCH3 is 1. The number of phenolic OH excluding ortho intramolecular Hbond substituents is 1. The van der Waals surface area contributed by atoms with Gasteiger partial charge in [0.15, 0.2) is 0 Å². The normalized spacial score (nSPS) is 15.5. The number of hydrogen-bond donors (Lipinski definition) is 5. The number of carbonyl (C=O) groups is 1. The molecule has 0 aliphatic carbocycles. The summed E-state index contributed by atoms with van der Waals surface area (Å²) < 4.78 is 4.41. The van der Waals surface area contributed by atoms with Gasteiger partial charge in [-0.2, -0.15) is 10.5 Å². The van der Waals surface area contributed by atoms with Crippen molar-refractivity contribution in [2.75, 3.05) is 7.11 Å². The first kappa shape index (κ1) is 16.6. The van der Waals surface area contributed by atoms with Crippen LogP contribution in [0.1, 0.15) is 5.56 Å². The van der Waals surface area contributed by atoms with Gasteiger partial charge in [-0.05, 0) is 12.0 Å². The second-order valence-corrected chi connectivity index (χ2v) is 4.37. The summed E-state index contributed by atoms with van der Waals surface area (Å²) >= 11 is 5.74. The topological polar surface area (TPSA) is 142 Å². The number of quaternary nitrogens is 2. The summed E-state index contributed by atoms with van der Waals surface area (Å²) in [5.41, 5.74) is -0.967. The second-order valence-electron chi connectivity index (χ2n) is 3.84. The van der Waals surface area contributed by atoms with E-state index in [0.717, 1.165) is 19.2 Å². The molecule has 1 aromatic carbocycles. The van der Waals surface area contributed by atoms with Crippen molar-refractivity contribution < 1.29 is 35.5 Å². The van der Waals surface area contributed by atoms with Crippen LogP contribution in [0.25, 0.3) is 0 Å². The van der Waals surface area contributed by atoms with Crippen LogP contribution in [0.2, 0.25) is 0 Å². The van der Waals surface area contributed by atoms with Gasteiger partial charge < -0.3 is 20.3 Å². The number of alkyl halides is 1. The van der Waals surface area contributed by atoms with Crippen LogP contribution in [0.4, 0.5) is 11.4 Å². The molecule has 0 saturated carbocycles. The Morgan fingerprint density at radius 1 is 1.35 bits per heavy atom. The lowest BCUT2D eigenvalue weighted by Crippen LogP contribution is -3.00. The van der Waals surface area contributed by atoms with Crippen LogP contribution >= 0.6 is 11.6 Å². The highest BCUT2D eigenvalue weighted by Gasteiger charge is 2.23. The third-order valence-corrected chi connectivity index (χ3v) is 2.83. The fraction of sp³-hybridized carbons (Fsp3) is 0.300. The van der Waals surface area contributed by atoms with Crippen LogP contribution in [0.3, 0.4) is 0 Å². The third-order valence-electron chi connectivity index (χ3n) is 2.50. The van der Waals surface area contributed by atoms with Gasteiger partial charge in [0, 0.05) is 12.1 Å². The van der Waals surface area contributed by atoms with E-state index in [1.165, 1.54) is 0 Å². The Balaban J connectivity index is 3.17. The first-order chi connectivity index (χ1) is 9.27. The number of benzene rings is 1. The molecule has 0 bridgehead atoms. The first-order valence-corrected chi connectivity index (χ1v) is 5.76. The lowest BCUT2D eigenvalue weighted by molar-refractivity contribution is -0.996. The maximum Gasteiger partial charge on any atom is 0.324 e. The van der Waals surface area contributed by atoms with Gasteiger partial charge in [-0.25, -0.2) is 10.4 Å². The van der Waals surface area contributed by atoms with Crippen LogP contribution in [-0.4, -0.2) is 34.0 Å². The van der Waals surface area contributed by atoms with E-state index in [0.29, 0.717) is 0 Å². The Bertz CT molecular complexity index is 465. The Labute approximate surface area is 118 Å². The number of rotatable bonds is 5. The smallest absolute Gasteiger partial charge is 0.324 e. The Kier molecular flexibility index (Phi) is 5.65. The van der Waals surface area contributed by atoms with Crippen molar-refractivity contribution in [1.29, 1.82) is 0 Å². The highest BCUT2D eigenvalue weighted by atomic mass is 35.5. The molecular weight excluding hydrogens is 296 g/mol. The summed E-state index contributed by atoms with van der Waals surface area (Å²) in [4.78, 5) is 11.2. The molecule has 0 aromatic heterocycles. The van der Waals surface area contributed by atoms with Crippen LogP contribution in [0, 0.1) is 10.4 Å². The number of nitrogens with one attached hydrogen (secondary N) is 2. The van der Waals surface area contributed by atoms with Crippen molar-refractivity contribution in [1.82, 2.24) is 0 Å². The van der Waals surface area contributed by atoms with Gasteiger partial charge in [0.25, 0.3) is 0 Å². The van der Waals surface area contributed by atoms with Crippen LogP contribution in [-0.2, 0) is 16.0 Å². The quantitative estimate of drug-likeness (QED) is 0.193. The molecule has 0 spiro atoms. The number of aromatic hydroxyl groups is 1. The molecule has 0 radical (unpaired) electrons. The number of esters is 1. The standard InChI is InChI=1S/C10H13ClN2O7/c1-20-10(15)6(11)2-5-3-7(12(16)17)9(14)8(4-5)13(18)19/h3-4,6,12-14,16,18H,2H2,1H3. The lowest BCUT2D eigenvalue weighted by atomic mass is 10.1. The molecular formula is C10H13ClN2O7. The Hall–Kier alpha value is -1.46. The molecule has 1 aromatic rings. The minimum absolute atomic E-state index is 0.130. The van der Waals surface area contributed by atoms with E-state index in [9.17, 15) is 20.3 Å². The van der Waals surface area contributed by atoms with E-state index >= 15 is 0 Å². The summed E-state index contributed by atoms with van der Waals surface area (Å²) in [7, 11) is 1.14. The van der Waals surface area contributed by atoms with Crippen LogP contribution < -0.4 is 10.5 Å². The highest BCUT2D eigenvalue weighted by Crippen LogP contribution is 2.29. The molecule has 0 heterocycles.